The second-order valence-corrected chi connectivity index (χ2v) is 3.71. The van der Waals surface area contributed by atoms with E-state index in [0.717, 1.165) is 11.8 Å². The van der Waals surface area contributed by atoms with Crippen LogP contribution in [0.5, 0.6) is 0 Å². The largest absolute Gasteiger partial charge is 0.447 e. The van der Waals surface area contributed by atoms with Crippen molar-refractivity contribution < 1.29 is 18.7 Å². The zero-order valence-electron chi connectivity index (χ0n) is 8.99. The van der Waals surface area contributed by atoms with Crippen molar-refractivity contribution in [1.82, 2.24) is 4.90 Å². The Morgan fingerprint density at radius 2 is 2.07 bits per heavy atom. The number of amides is 2. The third kappa shape index (κ3) is 2.84. The van der Waals surface area contributed by atoms with Crippen molar-refractivity contribution in [2.24, 2.45) is 5.92 Å². The molecule has 6 heteroatoms. The van der Waals surface area contributed by atoms with E-state index in [1.165, 1.54) is 0 Å². The smallest absolute Gasteiger partial charge is 0.417 e. The fourth-order valence-electron chi connectivity index (χ4n) is 1.37. The molecular formula is C9H16FNO3S. The fraction of sp³-hybridized carbons (Fsp3) is 0.778. The summed E-state index contributed by atoms with van der Waals surface area (Å²) in [6.07, 6.45) is -2.40. The highest BCUT2D eigenvalue weighted by atomic mass is 32.1. The molecule has 1 heterocycles. The summed E-state index contributed by atoms with van der Waals surface area (Å²) >= 11 is 0. The van der Waals surface area contributed by atoms with E-state index >= 15 is 0 Å². The lowest BCUT2D eigenvalue weighted by molar-refractivity contribution is -0.134. The van der Waals surface area contributed by atoms with Gasteiger partial charge in [-0.15, -0.1) is 0 Å². The van der Waals surface area contributed by atoms with Crippen molar-refractivity contribution >= 4 is 25.5 Å². The van der Waals surface area contributed by atoms with Crippen molar-refractivity contribution in [3.63, 3.8) is 0 Å². The van der Waals surface area contributed by atoms with Crippen molar-refractivity contribution in [3.05, 3.63) is 0 Å². The lowest BCUT2D eigenvalue weighted by Gasteiger charge is -2.22. The molecule has 0 spiro atoms. The summed E-state index contributed by atoms with van der Waals surface area (Å²) in [7, 11) is 0. The van der Waals surface area contributed by atoms with Gasteiger partial charge >= 0.3 is 6.09 Å². The number of alkyl halides is 1. The molecular weight excluding hydrogens is 221 g/mol. The topological polar surface area (TPSA) is 46.6 Å². The number of hydrogen-bond donors (Lipinski definition) is 0. The van der Waals surface area contributed by atoms with Crippen LogP contribution in [0.1, 0.15) is 20.8 Å². The molecule has 1 unspecified atom stereocenters. The second-order valence-electron chi connectivity index (χ2n) is 3.71. The molecule has 0 aromatic heterocycles. The summed E-state index contributed by atoms with van der Waals surface area (Å²) in [4.78, 5) is 23.4. The van der Waals surface area contributed by atoms with E-state index in [0.29, 0.717) is 0 Å². The molecule has 88 valence electrons. The van der Waals surface area contributed by atoms with Crippen LogP contribution in [0, 0.1) is 5.92 Å². The average molecular weight is 237 g/mol. The molecule has 1 rings (SSSR count). The van der Waals surface area contributed by atoms with Crippen LogP contribution in [0.2, 0.25) is 0 Å². The predicted octanol–water partition coefficient (Wildman–Crippen LogP) is 1.46. The minimum absolute atomic E-state index is 0. The molecule has 0 aliphatic carbocycles. The first kappa shape index (κ1) is 14.2. The minimum Gasteiger partial charge on any atom is -0.447 e. The Bertz CT molecular complexity index is 258. The number of carbonyl (C=O) groups excluding carboxylic acids is 2. The van der Waals surface area contributed by atoms with Crippen molar-refractivity contribution in [2.75, 3.05) is 6.61 Å². The maximum Gasteiger partial charge on any atom is 0.417 e. The molecule has 2 amide bonds. The molecule has 1 saturated heterocycles. The van der Waals surface area contributed by atoms with Gasteiger partial charge in [0.1, 0.15) is 6.61 Å². The number of carbonyl (C=O) groups is 2. The molecule has 0 radical (unpaired) electrons. The highest BCUT2D eigenvalue weighted by Crippen LogP contribution is 2.20. The lowest BCUT2D eigenvalue weighted by atomic mass is 10.0. The van der Waals surface area contributed by atoms with Crippen molar-refractivity contribution in [3.8, 4) is 0 Å². The van der Waals surface area contributed by atoms with Crippen LogP contribution in [0.3, 0.4) is 0 Å². The Labute approximate surface area is 95.2 Å². The number of cyclic esters (lactones) is 1. The maximum absolute atomic E-state index is 12.8. The number of hydrogen-bond acceptors (Lipinski definition) is 3. The summed E-state index contributed by atoms with van der Waals surface area (Å²) in [5.41, 5.74) is 0. The Hall–Kier alpha value is -0.780. The zero-order valence-corrected chi connectivity index (χ0v) is 9.99. The van der Waals surface area contributed by atoms with E-state index in [9.17, 15) is 14.0 Å². The van der Waals surface area contributed by atoms with Crippen LogP contribution in [0.25, 0.3) is 0 Å². The van der Waals surface area contributed by atoms with Gasteiger partial charge in [-0.1, -0.05) is 13.8 Å². The third-order valence-electron chi connectivity index (χ3n) is 2.25. The number of nitrogens with zero attached hydrogens (tertiary/aromatic N) is 1. The fourth-order valence-corrected chi connectivity index (χ4v) is 1.37. The van der Waals surface area contributed by atoms with Gasteiger partial charge in [-0.2, -0.15) is 13.5 Å². The van der Waals surface area contributed by atoms with Gasteiger partial charge in [0.15, 0.2) is 6.17 Å². The van der Waals surface area contributed by atoms with Gasteiger partial charge in [0.25, 0.3) is 5.91 Å². The highest BCUT2D eigenvalue weighted by molar-refractivity contribution is 7.59. The maximum atomic E-state index is 12.8. The van der Waals surface area contributed by atoms with Crippen molar-refractivity contribution in [1.29, 1.82) is 0 Å². The van der Waals surface area contributed by atoms with Gasteiger partial charge in [-0.05, 0) is 12.8 Å². The molecule has 2 atom stereocenters. The minimum atomic E-state index is -1.66. The monoisotopic (exact) mass is 237 g/mol. The number of halogens is 1. The molecule has 4 nitrogen and oxygen atoms in total. The van der Waals surface area contributed by atoms with Gasteiger partial charge in [-0.3, -0.25) is 4.79 Å². The van der Waals surface area contributed by atoms with Crippen LogP contribution in [0.15, 0.2) is 0 Å². The van der Waals surface area contributed by atoms with Crippen molar-refractivity contribution in [2.45, 2.75) is 33.0 Å². The number of imide groups is 1. The highest BCUT2D eigenvalue weighted by Gasteiger charge is 2.41. The van der Waals surface area contributed by atoms with Crippen LogP contribution < -0.4 is 0 Å². The molecule has 1 fully saturated rings. The van der Waals surface area contributed by atoms with E-state index in [1.807, 2.05) is 13.8 Å². The Morgan fingerprint density at radius 3 is 2.47 bits per heavy atom. The van der Waals surface area contributed by atoms with E-state index in [-0.39, 0.29) is 32.1 Å². The standard InChI is InChI=1S/C9H14FNO3.H2S/c1-5(2)7-4-14-9(13)11(7)8(12)6(3)10;/h5-7H,4H2,1-3H3;1H2/t6?,7-;/m1./s1. The zero-order chi connectivity index (χ0) is 10.9. The quantitative estimate of drug-likeness (QED) is 0.730. The van der Waals surface area contributed by atoms with Crippen LogP contribution >= 0.6 is 13.5 Å². The summed E-state index contributed by atoms with van der Waals surface area (Å²) in [6.45, 7) is 4.99. The summed E-state index contributed by atoms with van der Waals surface area (Å²) in [5.74, 6) is -0.740. The molecule has 0 saturated carbocycles. The Kier molecular flexibility index (Phi) is 5.07. The second kappa shape index (κ2) is 5.34. The number of rotatable bonds is 2. The Morgan fingerprint density at radius 1 is 1.53 bits per heavy atom. The van der Waals surface area contributed by atoms with E-state index in [4.69, 9.17) is 4.74 Å². The summed E-state index contributed by atoms with van der Waals surface area (Å²) in [6, 6.07) is -0.340. The number of ether oxygens (including phenoxy) is 1. The normalized spacial score (nSPS) is 22.3. The first-order chi connectivity index (χ1) is 6.45. The van der Waals surface area contributed by atoms with Gasteiger partial charge < -0.3 is 4.74 Å². The first-order valence-corrected chi connectivity index (χ1v) is 4.59. The SMILES string of the molecule is CC(F)C(=O)N1C(=O)OC[C@@H]1C(C)C.S. The molecule has 0 aromatic rings. The average Bonchev–Trinajstić information content (AvgIpc) is 2.45. The molecule has 1 aliphatic heterocycles. The van der Waals surface area contributed by atoms with E-state index < -0.39 is 18.2 Å². The van der Waals surface area contributed by atoms with Crippen LogP contribution in [0.4, 0.5) is 9.18 Å². The van der Waals surface area contributed by atoms with Gasteiger partial charge in [-0.25, -0.2) is 14.1 Å². The molecule has 0 bridgehead atoms. The van der Waals surface area contributed by atoms with Gasteiger partial charge in [0.05, 0.1) is 6.04 Å². The molecule has 0 aromatic carbocycles. The predicted molar refractivity (Wildman–Crippen MR) is 57.8 cm³/mol. The summed E-state index contributed by atoms with van der Waals surface area (Å²) in [5, 5.41) is 0. The third-order valence-corrected chi connectivity index (χ3v) is 2.25. The lowest BCUT2D eigenvalue weighted by Crippen LogP contribution is -2.44. The molecule has 15 heavy (non-hydrogen) atoms. The van der Waals surface area contributed by atoms with Crippen LogP contribution in [-0.4, -0.2) is 35.7 Å². The van der Waals surface area contributed by atoms with Gasteiger partial charge in [0.2, 0.25) is 0 Å². The molecule has 1 aliphatic rings. The van der Waals surface area contributed by atoms with Crippen LogP contribution in [-0.2, 0) is 9.53 Å². The van der Waals surface area contributed by atoms with E-state index in [2.05, 4.69) is 0 Å². The Balaban J connectivity index is 0.00000196. The van der Waals surface area contributed by atoms with Gasteiger partial charge in [0, 0.05) is 0 Å². The summed E-state index contributed by atoms with van der Waals surface area (Å²) < 4.78 is 17.5. The molecule has 0 N–H and O–H groups in total. The van der Waals surface area contributed by atoms with E-state index in [1.54, 1.807) is 0 Å². The first-order valence-electron chi connectivity index (χ1n) is 4.59.